The summed E-state index contributed by atoms with van der Waals surface area (Å²) in [5.41, 5.74) is 0.613. The predicted molar refractivity (Wildman–Crippen MR) is 77.8 cm³/mol. The van der Waals surface area contributed by atoms with Crippen LogP contribution in [0.15, 0.2) is 6.20 Å². The summed E-state index contributed by atoms with van der Waals surface area (Å²) in [7, 11) is 0. The monoisotopic (exact) mass is 282 g/mol. The van der Waals surface area contributed by atoms with Gasteiger partial charge in [-0.25, -0.2) is 0 Å². The molecular formula is C15H23ClN2O. The number of aromatic nitrogens is 2. The van der Waals surface area contributed by atoms with Gasteiger partial charge in [-0.3, -0.25) is 9.48 Å². The zero-order valence-corrected chi connectivity index (χ0v) is 12.6. The number of hydrogen-bond donors (Lipinski definition) is 0. The fraction of sp³-hybridized carbons (Fsp3) is 0.733. The van der Waals surface area contributed by atoms with Crippen LogP contribution < -0.4 is 0 Å². The number of carbonyl (C=O) groups excluding carboxylic acids is 1. The van der Waals surface area contributed by atoms with Crippen molar-refractivity contribution >= 4 is 17.4 Å². The zero-order valence-electron chi connectivity index (χ0n) is 11.9. The molecule has 0 aliphatic heterocycles. The average molecular weight is 283 g/mol. The third-order valence-electron chi connectivity index (χ3n) is 3.95. The van der Waals surface area contributed by atoms with Crippen molar-refractivity contribution in [1.82, 2.24) is 9.78 Å². The second-order valence-electron chi connectivity index (χ2n) is 5.79. The van der Waals surface area contributed by atoms with Crippen LogP contribution in [0.1, 0.15) is 75.3 Å². The molecule has 0 aromatic carbocycles. The van der Waals surface area contributed by atoms with Gasteiger partial charge in [-0.15, -0.1) is 0 Å². The standard InChI is InChI=1S/C15H23ClN2O/c1-11(2)18-14(13(16)10-17-18)15(19)12-8-6-4-3-5-7-9-12/h10-12H,3-9H2,1-2H3. The van der Waals surface area contributed by atoms with Crippen LogP contribution in [0.25, 0.3) is 0 Å². The molecule has 0 bridgehead atoms. The molecule has 2 rings (SSSR count). The zero-order chi connectivity index (χ0) is 13.8. The molecule has 1 fully saturated rings. The topological polar surface area (TPSA) is 34.9 Å². The Balaban J connectivity index is 2.20. The van der Waals surface area contributed by atoms with Gasteiger partial charge in [0.2, 0.25) is 0 Å². The Kier molecular flexibility index (Phi) is 5.03. The van der Waals surface area contributed by atoms with Gasteiger partial charge < -0.3 is 0 Å². The van der Waals surface area contributed by atoms with Crippen LogP contribution in [0, 0.1) is 5.92 Å². The molecule has 3 nitrogen and oxygen atoms in total. The second kappa shape index (κ2) is 6.56. The first kappa shape index (κ1) is 14.6. The Morgan fingerprint density at radius 2 is 1.84 bits per heavy atom. The highest BCUT2D eigenvalue weighted by Gasteiger charge is 2.26. The van der Waals surface area contributed by atoms with Crippen molar-refractivity contribution in [2.75, 3.05) is 0 Å². The van der Waals surface area contributed by atoms with Gasteiger partial charge in [0.15, 0.2) is 5.78 Å². The molecule has 1 saturated carbocycles. The first-order valence-corrected chi connectivity index (χ1v) is 7.76. The summed E-state index contributed by atoms with van der Waals surface area (Å²) in [6, 6.07) is 0.167. The van der Waals surface area contributed by atoms with Crippen LogP contribution in [-0.4, -0.2) is 15.6 Å². The molecule has 0 amide bonds. The van der Waals surface area contributed by atoms with Crippen LogP contribution in [0.2, 0.25) is 5.02 Å². The lowest BCUT2D eigenvalue weighted by molar-refractivity contribution is 0.0885. The molecule has 0 saturated heterocycles. The summed E-state index contributed by atoms with van der Waals surface area (Å²) in [5.74, 6) is 0.324. The quantitative estimate of drug-likeness (QED) is 0.756. The number of ketones is 1. The van der Waals surface area contributed by atoms with Crippen molar-refractivity contribution in [3.8, 4) is 0 Å². The Morgan fingerprint density at radius 1 is 1.26 bits per heavy atom. The highest BCUT2D eigenvalue weighted by molar-refractivity contribution is 6.33. The molecule has 0 unspecified atom stereocenters. The number of hydrogen-bond acceptors (Lipinski definition) is 2. The second-order valence-corrected chi connectivity index (χ2v) is 6.19. The van der Waals surface area contributed by atoms with E-state index in [0.29, 0.717) is 10.7 Å². The van der Waals surface area contributed by atoms with E-state index in [1.165, 1.54) is 19.3 Å². The van der Waals surface area contributed by atoms with Crippen molar-refractivity contribution < 1.29 is 4.79 Å². The molecule has 1 aliphatic carbocycles. The fourth-order valence-corrected chi connectivity index (χ4v) is 3.10. The fourth-order valence-electron chi connectivity index (χ4n) is 2.88. The van der Waals surface area contributed by atoms with Crippen molar-refractivity contribution in [3.05, 3.63) is 16.9 Å². The maximum absolute atomic E-state index is 12.7. The highest BCUT2D eigenvalue weighted by atomic mass is 35.5. The van der Waals surface area contributed by atoms with E-state index in [2.05, 4.69) is 5.10 Å². The molecule has 106 valence electrons. The van der Waals surface area contributed by atoms with E-state index in [-0.39, 0.29) is 17.7 Å². The number of halogens is 1. The van der Waals surface area contributed by atoms with Gasteiger partial charge >= 0.3 is 0 Å². The van der Waals surface area contributed by atoms with Gasteiger partial charge in [0, 0.05) is 12.0 Å². The van der Waals surface area contributed by atoms with Gasteiger partial charge in [-0.05, 0) is 26.7 Å². The van der Waals surface area contributed by atoms with E-state index in [9.17, 15) is 4.79 Å². The average Bonchev–Trinajstić information content (AvgIpc) is 2.70. The minimum absolute atomic E-state index is 0.131. The van der Waals surface area contributed by atoms with Gasteiger partial charge in [0.05, 0.1) is 11.2 Å². The summed E-state index contributed by atoms with van der Waals surface area (Å²) in [6.45, 7) is 4.05. The van der Waals surface area contributed by atoms with E-state index in [0.717, 1.165) is 25.7 Å². The third-order valence-corrected chi connectivity index (χ3v) is 4.23. The van der Waals surface area contributed by atoms with E-state index in [1.807, 2.05) is 13.8 Å². The molecule has 1 aromatic rings. The van der Waals surface area contributed by atoms with Gasteiger partial charge in [0.25, 0.3) is 0 Å². The molecule has 4 heteroatoms. The minimum Gasteiger partial charge on any atom is -0.292 e. The normalized spacial score (nSPS) is 18.3. The molecule has 1 aliphatic rings. The summed E-state index contributed by atoms with van der Waals surface area (Å²) in [4.78, 5) is 12.7. The van der Waals surface area contributed by atoms with Crippen molar-refractivity contribution in [2.45, 2.75) is 64.8 Å². The summed E-state index contributed by atoms with van der Waals surface area (Å²) in [6.07, 6.45) is 9.72. The molecule has 0 radical (unpaired) electrons. The van der Waals surface area contributed by atoms with Crippen LogP contribution >= 0.6 is 11.6 Å². The van der Waals surface area contributed by atoms with Crippen LogP contribution in [0.5, 0.6) is 0 Å². The number of Topliss-reactive ketones (excluding diaryl/α,β-unsaturated/α-hetero) is 1. The Hall–Kier alpha value is -0.830. The van der Waals surface area contributed by atoms with Crippen LogP contribution in [-0.2, 0) is 0 Å². The van der Waals surface area contributed by atoms with Gasteiger partial charge in [0.1, 0.15) is 5.69 Å². The largest absolute Gasteiger partial charge is 0.292 e. The van der Waals surface area contributed by atoms with Crippen LogP contribution in [0.3, 0.4) is 0 Å². The van der Waals surface area contributed by atoms with E-state index in [4.69, 9.17) is 11.6 Å². The minimum atomic E-state index is 0.131. The summed E-state index contributed by atoms with van der Waals surface area (Å²) < 4.78 is 1.77. The van der Waals surface area contributed by atoms with E-state index < -0.39 is 0 Å². The first-order chi connectivity index (χ1) is 9.11. The van der Waals surface area contributed by atoms with Crippen molar-refractivity contribution in [2.24, 2.45) is 5.92 Å². The SMILES string of the molecule is CC(C)n1ncc(Cl)c1C(=O)C1CCCCCCC1. The number of rotatable bonds is 3. The maximum atomic E-state index is 12.7. The smallest absolute Gasteiger partial charge is 0.185 e. The molecule has 1 aromatic heterocycles. The predicted octanol–water partition coefficient (Wildman–Crippen LogP) is 4.66. The van der Waals surface area contributed by atoms with Gasteiger partial charge in [-0.2, -0.15) is 5.10 Å². The number of carbonyl (C=O) groups is 1. The van der Waals surface area contributed by atoms with Crippen molar-refractivity contribution in [3.63, 3.8) is 0 Å². The Labute approximate surface area is 120 Å². The lowest BCUT2D eigenvalue weighted by Gasteiger charge is -2.20. The molecular weight excluding hydrogens is 260 g/mol. The Bertz CT molecular complexity index is 431. The molecule has 1 heterocycles. The lowest BCUT2D eigenvalue weighted by Crippen LogP contribution is -2.21. The summed E-state index contributed by atoms with van der Waals surface area (Å²) >= 11 is 6.17. The van der Waals surface area contributed by atoms with E-state index >= 15 is 0 Å². The van der Waals surface area contributed by atoms with Gasteiger partial charge in [-0.1, -0.05) is 43.7 Å². The number of nitrogens with zero attached hydrogens (tertiary/aromatic N) is 2. The van der Waals surface area contributed by atoms with Crippen molar-refractivity contribution in [1.29, 1.82) is 0 Å². The summed E-state index contributed by atoms with van der Waals surface area (Å²) in [5, 5.41) is 4.74. The Morgan fingerprint density at radius 3 is 2.42 bits per heavy atom. The molecule has 0 N–H and O–H groups in total. The third kappa shape index (κ3) is 3.38. The molecule has 0 atom stereocenters. The molecule has 0 spiro atoms. The first-order valence-electron chi connectivity index (χ1n) is 7.38. The molecule has 19 heavy (non-hydrogen) atoms. The van der Waals surface area contributed by atoms with E-state index in [1.54, 1.807) is 10.9 Å². The lowest BCUT2D eigenvalue weighted by atomic mass is 9.87. The van der Waals surface area contributed by atoms with Crippen LogP contribution in [0.4, 0.5) is 0 Å². The highest BCUT2D eigenvalue weighted by Crippen LogP contribution is 2.29. The maximum Gasteiger partial charge on any atom is 0.185 e.